The molecule has 1 saturated carbocycles. The molecule has 0 spiro atoms. The highest BCUT2D eigenvalue weighted by molar-refractivity contribution is 5.99. The van der Waals surface area contributed by atoms with Gasteiger partial charge >= 0.3 is 23.9 Å². The van der Waals surface area contributed by atoms with Gasteiger partial charge in [0.1, 0.15) is 0 Å². The highest BCUT2D eigenvalue weighted by Crippen LogP contribution is 2.32. The van der Waals surface area contributed by atoms with E-state index < -0.39 is 35.7 Å². The molecular formula is C16H20O6. The van der Waals surface area contributed by atoms with Gasteiger partial charge in [0.25, 0.3) is 0 Å². The SMILES string of the molecule is C=C(C)C(=O)OC(=O)C1CCCCC1C(=O)OC(=O)C(=C)C. The Hall–Kier alpha value is -2.24. The Morgan fingerprint density at radius 2 is 1.09 bits per heavy atom. The summed E-state index contributed by atoms with van der Waals surface area (Å²) >= 11 is 0. The van der Waals surface area contributed by atoms with Crippen LogP contribution in [0.1, 0.15) is 39.5 Å². The maximum absolute atomic E-state index is 12.1. The van der Waals surface area contributed by atoms with E-state index in [9.17, 15) is 19.2 Å². The zero-order valence-corrected chi connectivity index (χ0v) is 12.8. The fraction of sp³-hybridized carbons (Fsp3) is 0.500. The molecule has 120 valence electrons. The molecule has 0 aromatic rings. The molecule has 0 N–H and O–H groups in total. The van der Waals surface area contributed by atoms with Crippen LogP contribution in [0.4, 0.5) is 0 Å². The van der Waals surface area contributed by atoms with Crippen LogP contribution in [-0.4, -0.2) is 23.9 Å². The predicted octanol–water partition coefficient (Wildman–Crippen LogP) is 2.08. The highest BCUT2D eigenvalue weighted by Gasteiger charge is 2.39. The number of hydrogen-bond acceptors (Lipinski definition) is 6. The molecule has 1 rings (SSSR count). The summed E-state index contributed by atoms with van der Waals surface area (Å²) in [4.78, 5) is 46.9. The molecule has 1 aliphatic rings. The number of carbonyl (C=O) groups is 4. The second-order valence-electron chi connectivity index (χ2n) is 5.48. The van der Waals surface area contributed by atoms with Gasteiger partial charge in [-0.15, -0.1) is 0 Å². The van der Waals surface area contributed by atoms with Gasteiger partial charge in [0.2, 0.25) is 0 Å². The van der Waals surface area contributed by atoms with E-state index in [1.54, 1.807) is 0 Å². The molecule has 22 heavy (non-hydrogen) atoms. The standard InChI is InChI=1S/C16H20O6/c1-9(2)13(17)21-15(19)11-7-5-6-8-12(11)16(20)22-14(18)10(3)4/h11-12H,1,3,5-8H2,2,4H3. The fourth-order valence-electron chi connectivity index (χ4n) is 2.20. The molecule has 0 aromatic carbocycles. The van der Waals surface area contributed by atoms with Crippen LogP contribution in [-0.2, 0) is 28.7 Å². The van der Waals surface area contributed by atoms with E-state index in [2.05, 4.69) is 13.2 Å². The van der Waals surface area contributed by atoms with Crippen LogP contribution in [0.3, 0.4) is 0 Å². The lowest BCUT2D eigenvalue weighted by Crippen LogP contribution is -2.36. The van der Waals surface area contributed by atoms with E-state index in [0.717, 1.165) is 12.8 Å². The quantitative estimate of drug-likeness (QED) is 0.449. The second kappa shape index (κ2) is 7.68. The van der Waals surface area contributed by atoms with E-state index in [1.165, 1.54) is 13.8 Å². The lowest BCUT2D eigenvalue weighted by atomic mass is 9.79. The second-order valence-corrected chi connectivity index (χ2v) is 5.48. The van der Waals surface area contributed by atoms with E-state index in [0.29, 0.717) is 12.8 Å². The predicted molar refractivity (Wildman–Crippen MR) is 77.3 cm³/mol. The Kier molecular flexibility index (Phi) is 6.22. The molecule has 0 saturated heterocycles. The Morgan fingerprint density at radius 3 is 1.36 bits per heavy atom. The Balaban J connectivity index is 2.78. The molecule has 0 amide bonds. The smallest absolute Gasteiger partial charge is 0.340 e. The third-order valence-electron chi connectivity index (χ3n) is 3.45. The van der Waals surface area contributed by atoms with Crippen LogP contribution in [0.5, 0.6) is 0 Å². The summed E-state index contributed by atoms with van der Waals surface area (Å²) in [6.45, 7) is 9.64. The van der Waals surface area contributed by atoms with Gasteiger partial charge in [-0.05, 0) is 26.7 Å². The van der Waals surface area contributed by atoms with Gasteiger partial charge in [-0.25, -0.2) is 9.59 Å². The van der Waals surface area contributed by atoms with Crippen LogP contribution >= 0.6 is 0 Å². The summed E-state index contributed by atoms with van der Waals surface area (Å²) in [6, 6.07) is 0. The molecule has 0 heterocycles. The molecule has 0 radical (unpaired) electrons. The fourth-order valence-corrected chi connectivity index (χ4v) is 2.20. The normalized spacial score (nSPS) is 20.6. The van der Waals surface area contributed by atoms with Crippen LogP contribution < -0.4 is 0 Å². The largest absolute Gasteiger partial charge is 0.389 e. The van der Waals surface area contributed by atoms with E-state index >= 15 is 0 Å². The molecule has 1 aliphatic carbocycles. The van der Waals surface area contributed by atoms with Crippen molar-refractivity contribution in [3.05, 3.63) is 24.3 Å². The minimum atomic E-state index is -0.819. The molecule has 6 nitrogen and oxygen atoms in total. The summed E-state index contributed by atoms with van der Waals surface area (Å²) in [7, 11) is 0. The molecule has 6 heteroatoms. The maximum atomic E-state index is 12.1. The summed E-state index contributed by atoms with van der Waals surface area (Å²) in [5, 5.41) is 0. The minimum absolute atomic E-state index is 0.0979. The number of hydrogen-bond donors (Lipinski definition) is 0. The summed E-state index contributed by atoms with van der Waals surface area (Å²) < 4.78 is 9.39. The molecule has 1 fully saturated rings. The zero-order valence-electron chi connectivity index (χ0n) is 12.8. The van der Waals surface area contributed by atoms with Crippen LogP contribution in [0.2, 0.25) is 0 Å². The number of rotatable bonds is 4. The van der Waals surface area contributed by atoms with Gasteiger partial charge in [-0.3, -0.25) is 9.59 Å². The zero-order chi connectivity index (χ0) is 16.9. The van der Waals surface area contributed by atoms with Crippen molar-refractivity contribution in [2.45, 2.75) is 39.5 Å². The van der Waals surface area contributed by atoms with E-state index in [-0.39, 0.29) is 11.1 Å². The number of ether oxygens (including phenoxy) is 2. The van der Waals surface area contributed by atoms with Crippen molar-refractivity contribution < 1.29 is 28.7 Å². The van der Waals surface area contributed by atoms with Gasteiger partial charge in [0, 0.05) is 11.1 Å². The summed E-state index contributed by atoms with van der Waals surface area (Å²) in [5.74, 6) is -4.78. The number of esters is 4. The first-order valence-electron chi connectivity index (χ1n) is 7.07. The molecular weight excluding hydrogens is 288 g/mol. The van der Waals surface area contributed by atoms with E-state index in [4.69, 9.17) is 9.47 Å². The molecule has 0 bridgehead atoms. The van der Waals surface area contributed by atoms with Gasteiger partial charge in [-0.2, -0.15) is 0 Å². The first-order valence-corrected chi connectivity index (χ1v) is 7.07. The topological polar surface area (TPSA) is 86.7 Å². The lowest BCUT2D eigenvalue weighted by Gasteiger charge is -2.27. The number of carbonyl (C=O) groups excluding carboxylic acids is 4. The third kappa shape index (κ3) is 4.65. The van der Waals surface area contributed by atoms with Crippen molar-refractivity contribution in [2.24, 2.45) is 11.8 Å². The monoisotopic (exact) mass is 308 g/mol. The Morgan fingerprint density at radius 1 is 0.773 bits per heavy atom. The third-order valence-corrected chi connectivity index (χ3v) is 3.45. The first kappa shape index (κ1) is 17.8. The summed E-state index contributed by atoms with van der Waals surface area (Å²) in [5.41, 5.74) is 0.196. The van der Waals surface area contributed by atoms with Crippen molar-refractivity contribution in [1.82, 2.24) is 0 Å². The van der Waals surface area contributed by atoms with Crippen molar-refractivity contribution in [1.29, 1.82) is 0 Å². The maximum Gasteiger partial charge on any atom is 0.340 e. The van der Waals surface area contributed by atoms with Crippen molar-refractivity contribution in [3.63, 3.8) is 0 Å². The van der Waals surface area contributed by atoms with Gasteiger partial charge in [-0.1, -0.05) is 26.0 Å². The van der Waals surface area contributed by atoms with Crippen LogP contribution in [0.15, 0.2) is 24.3 Å². The molecule has 0 aromatic heterocycles. The van der Waals surface area contributed by atoms with Crippen molar-refractivity contribution in [2.75, 3.05) is 0 Å². The molecule has 2 unspecified atom stereocenters. The lowest BCUT2D eigenvalue weighted by molar-refractivity contribution is -0.171. The minimum Gasteiger partial charge on any atom is -0.389 e. The summed E-state index contributed by atoms with van der Waals surface area (Å²) in [6.07, 6.45) is 2.28. The first-order chi connectivity index (χ1) is 10.2. The highest BCUT2D eigenvalue weighted by atomic mass is 16.6. The van der Waals surface area contributed by atoms with Gasteiger partial charge in [0.05, 0.1) is 11.8 Å². The van der Waals surface area contributed by atoms with Gasteiger partial charge in [0.15, 0.2) is 0 Å². The van der Waals surface area contributed by atoms with Crippen molar-refractivity contribution >= 4 is 23.9 Å². The Labute approximate surface area is 129 Å². The molecule has 2 atom stereocenters. The van der Waals surface area contributed by atoms with Crippen molar-refractivity contribution in [3.8, 4) is 0 Å². The van der Waals surface area contributed by atoms with Crippen LogP contribution in [0, 0.1) is 11.8 Å². The average Bonchev–Trinajstić information content (AvgIpc) is 2.46. The van der Waals surface area contributed by atoms with E-state index in [1.807, 2.05) is 0 Å². The molecule has 0 aliphatic heterocycles. The average molecular weight is 308 g/mol. The Bertz CT molecular complexity index is 483. The van der Waals surface area contributed by atoms with Gasteiger partial charge < -0.3 is 9.47 Å². The van der Waals surface area contributed by atoms with Crippen LogP contribution in [0.25, 0.3) is 0 Å².